The topological polar surface area (TPSA) is 37.3 Å². The summed E-state index contributed by atoms with van der Waals surface area (Å²) in [6, 6.07) is 6.27. The number of carboxylic acids is 1. The minimum atomic E-state index is -0.855. The maximum absolute atomic E-state index is 10.7. The van der Waals surface area contributed by atoms with Crippen LogP contribution < -0.4 is 0 Å². The van der Waals surface area contributed by atoms with Crippen molar-refractivity contribution in [2.75, 3.05) is 0 Å². The highest BCUT2D eigenvalue weighted by atomic mass is 16.4. The summed E-state index contributed by atoms with van der Waals surface area (Å²) >= 11 is 0. The predicted molar refractivity (Wildman–Crippen MR) is 59.8 cm³/mol. The lowest BCUT2D eigenvalue weighted by molar-refractivity contribution is -0.131. The minimum Gasteiger partial charge on any atom is -0.478 e. The minimum absolute atomic E-state index is 0.436. The third-order valence-corrected chi connectivity index (χ3v) is 2.91. The van der Waals surface area contributed by atoms with Gasteiger partial charge in [-0.3, -0.25) is 0 Å². The molecule has 0 aliphatic heterocycles. The SMILES string of the molecule is Cc1ccc2c(c1)/C(=C/C(=O)O)CC2C. The summed E-state index contributed by atoms with van der Waals surface area (Å²) in [5.41, 5.74) is 4.52. The third-order valence-electron chi connectivity index (χ3n) is 2.91. The van der Waals surface area contributed by atoms with E-state index in [1.54, 1.807) is 0 Å². The second kappa shape index (κ2) is 3.54. The second-order valence-electron chi connectivity index (χ2n) is 4.20. The van der Waals surface area contributed by atoms with E-state index in [9.17, 15) is 4.79 Å². The maximum atomic E-state index is 10.7. The monoisotopic (exact) mass is 202 g/mol. The van der Waals surface area contributed by atoms with Gasteiger partial charge < -0.3 is 5.11 Å². The molecule has 0 saturated carbocycles. The Morgan fingerprint density at radius 2 is 2.27 bits per heavy atom. The summed E-state index contributed by atoms with van der Waals surface area (Å²) in [6.07, 6.45) is 2.17. The predicted octanol–water partition coefficient (Wildman–Crippen LogP) is 2.97. The molecular weight excluding hydrogens is 188 g/mol. The van der Waals surface area contributed by atoms with E-state index in [1.165, 1.54) is 17.2 Å². The lowest BCUT2D eigenvalue weighted by Crippen LogP contribution is -1.90. The van der Waals surface area contributed by atoms with Crippen LogP contribution >= 0.6 is 0 Å². The Hall–Kier alpha value is -1.57. The first-order valence-electron chi connectivity index (χ1n) is 5.12. The molecule has 0 heterocycles. The highest BCUT2D eigenvalue weighted by Crippen LogP contribution is 2.40. The van der Waals surface area contributed by atoms with Crippen LogP contribution in [0.1, 0.15) is 36.0 Å². The molecule has 78 valence electrons. The van der Waals surface area contributed by atoms with Crippen molar-refractivity contribution in [1.29, 1.82) is 0 Å². The van der Waals surface area contributed by atoms with Crippen molar-refractivity contribution in [2.45, 2.75) is 26.2 Å². The Bertz CT molecular complexity index is 444. The molecule has 2 nitrogen and oxygen atoms in total. The van der Waals surface area contributed by atoms with Crippen LogP contribution in [-0.2, 0) is 4.79 Å². The number of aliphatic carboxylic acids is 1. The number of benzene rings is 1. The van der Waals surface area contributed by atoms with Crippen molar-refractivity contribution in [1.82, 2.24) is 0 Å². The Kier molecular flexibility index (Phi) is 2.35. The van der Waals surface area contributed by atoms with Gasteiger partial charge >= 0.3 is 5.97 Å². The van der Waals surface area contributed by atoms with Gasteiger partial charge in [-0.25, -0.2) is 4.79 Å². The van der Waals surface area contributed by atoms with Crippen molar-refractivity contribution in [3.8, 4) is 0 Å². The third kappa shape index (κ3) is 1.80. The molecule has 1 atom stereocenters. The van der Waals surface area contributed by atoms with E-state index in [2.05, 4.69) is 25.1 Å². The Morgan fingerprint density at radius 1 is 1.53 bits per heavy atom. The number of carbonyl (C=O) groups is 1. The molecule has 1 aliphatic carbocycles. The molecule has 0 amide bonds. The number of rotatable bonds is 1. The lowest BCUT2D eigenvalue weighted by atomic mass is 10.0. The van der Waals surface area contributed by atoms with Gasteiger partial charge in [-0.1, -0.05) is 30.7 Å². The van der Waals surface area contributed by atoms with Crippen LogP contribution in [0.2, 0.25) is 0 Å². The number of fused-ring (bicyclic) bond motifs is 1. The zero-order valence-corrected chi connectivity index (χ0v) is 8.95. The first-order valence-corrected chi connectivity index (χ1v) is 5.12. The molecule has 1 N–H and O–H groups in total. The van der Waals surface area contributed by atoms with Crippen LogP contribution in [-0.4, -0.2) is 11.1 Å². The Balaban J connectivity index is 2.53. The molecule has 0 radical (unpaired) electrons. The van der Waals surface area contributed by atoms with Crippen LogP contribution in [0.4, 0.5) is 0 Å². The van der Waals surface area contributed by atoms with Gasteiger partial charge in [0.15, 0.2) is 0 Å². The van der Waals surface area contributed by atoms with Crippen molar-refractivity contribution >= 4 is 11.5 Å². The summed E-state index contributed by atoms with van der Waals surface area (Å²) in [5.74, 6) is -0.419. The van der Waals surface area contributed by atoms with E-state index in [1.807, 2.05) is 6.92 Å². The fourth-order valence-corrected chi connectivity index (χ4v) is 2.21. The van der Waals surface area contributed by atoms with Gasteiger partial charge in [0.2, 0.25) is 0 Å². The van der Waals surface area contributed by atoms with E-state index >= 15 is 0 Å². The van der Waals surface area contributed by atoms with Gasteiger partial charge in [0.25, 0.3) is 0 Å². The second-order valence-corrected chi connectivity index (χ2v) is 4.20. The van der Waals surface area contributed by atoms with Gasteiger partial charge in [0.1, 0.15) is 0 Å². The molecule has 0 spiro atoms. The summed E-state index contributed by atoms with van der Waals surface area (Å²) in [7, 11) is 0. The summed E-state index contributed by atoms with van der Waals surface area (Å²) in [6.45, 7) is 4.17. The quantitative estimate of drug-likeness (QED) is 0.711. The first kappa shape index (κ1) is 9.97. The molecule has 0 aromatic heterocycles. The average molecular weight is 202 g/mol. The standard InChI is InChI=1S/C13H14O2/c1-8-3-4-11-9(2)6-10(7-13(14)15)12(11)5-8/h3-5,7,9H,6H2,1-2H3,(H,14,15)/b10-7+. The largest absolute Gasteiger partial charge is 0.478 e. The van der Waals surface area contributed by atoms with E-state index in [4.69, 9.17) is 5.11 Å². The van der Waals surface area contributed by atoms with Gasteiger partial charge in [-0.15, -0.1) is 0 Å². The van der Waals surface area contributed by atoms with E-state index in [0.29, 0.717) is 5.92 Å². The smallest absolute Gasteiger partial charge is 0.328 e. The summed E-state index contributed by atoms with van der Waals surface area (Å²) in [4.78, 5) is 10.7. The molecule has 2 rings (SSSR count). The molecule has 1 unspecified atom stereocenters. The van der Waals surface area contributed by atoms with E-state index < -0.39 is 5.97 Å². The van der Waals surface area contributed by atoms with Crippen LogP contribution in [0.25, 0.3) is 5.57 Å². The molecule has 1 aromatic carbocycles. The molecule has 1 aliphatic rings. The maximum Gasteiger partial charge on any atom is 0.328 e. The molecular formula is C13H14O2. The fourth-order valence-electron chi connectivity index (χ4n) is 2.21. The number of aryl methyl sites for hydroxylation is 1. The highest BCUT2D eigenvalue weighted by Gasteiger charge is 2.23. The number of hydrogen-bond donors (Lipinski definition) is 1. The highest BCUT2D eigenvalue weighted by molar-refractivity contribution is 5.92. The Morgan fingerprint density at radius 3 is 2.93 bits per heavy atom. The number of hydrogen-bond acceptors (Lipinski definition) is 1. The van der Waals surface area contributed by atoms with Gasteiger partial charge in [-0.2, -0.15) is 0 Å². The number of carboxylic acid groups (broad SMARTS) is 1. The van der Waals surface area contributed by atoms with Crippen molar-refractivity contribution in [3.63, 3.8) is 0 Å². The van der Waals surface area contributed by atoms with Gasteiger partial charge in [0.05, 0.1) is 0 Å². The Labute approximate surface area is 89.2 Å². The number of allylic oxidation sites excluding steroid dienone is 1. The first-order chi connectivity index (χ1) is 7.08. The molecule has 1 aromatic rings. The van der Waals surface area contributed by atoms with Gasteiger partial charge in [-0.05, 0) is 36.0 Å². The van der Waals surface area contributed by atoms with Crippen molar-refractivity contribution in [2.24, 2.45) is 0 Å². The molecule has 15 heavy (non-hydrogen) atoms. The van der Waals surface area contributed by atoms with Crippen molar-refractivity contribution in [3.05, 3.63) is 41.0 Å². The van der Waals surface area contributed by atoms with Crippen LogP contribution in [0.5, 0.6) is 0 Å². The van der Waals surface area contributed by atoms with Crippen LogP contribution in [0, 0.1) is 6.92 Å². The fraction of sp³-hybridized carbons (Fsp3) is 0.308. The average Bonchev–Trinajstić information content (AvgIpc) is 2.42. The summed E-state index contributed by atoms with van der Waals surface area (Å²) in [5, 5.41) is 8.78. The normalized spacial score (nSPS) is 21.7. The van der Waals surface area contributed by atoms with Crippen LogP contribution in [0.3, 0.4) is 0 Å². The van der Waals surface area contributed by atoms with E-state index in [-0.39, 0.29) is 0 Å². The molecule has 2 heteroatoms. The molecule has 0 saturated heterocycles. The molecule has 0 bridgehead atoms. The molecule has 0 fully saturated rings. The zero-order chi connectivity index (χ0) is 11.0. The van der Waals surface area contributed by atoms with E-state index in [0.717, 1.165) is 17.6 Å². The van der Waals surface area contributed by atoms with Crippen LogP contribution in [0.15, 0.2) is 24.3 Å². The summed E-state index contributed by atoms with van der Waals surface area (Å²) < 4.78 is 0. The van der Waals surface area contributed by atoms with Crippen molar-refractivity contribution < 1.29 is 9.90 Å². The van der Waals surface area contributed by atoms with Gasteiger partial charge in [0, 0.05) is 6.08 Å². The zero-order valence-electron chi connectivity index (χ0n) is 8.95. The lowest BCUT2D eigenvalue weighted by Gasteiger charge is -2.03.